The van der Waals surface area contributed by atoms with Gasteiger partial charge >= 0.3 is 0 Å². The third-order valence-electron chi connectivity index (χ3n) is 4.11. The number of allylic oxidation sites excluding steroid dienone is 1. The number of carbonyl (C=O) groups excluding carboxylic acids is 1. The van der Waals surface area contributed by atoms with E-state index in [-0.39, 0.29) is 5.78 Å². The van der Waals surface area contributed by atoms with Crippen LogP contribution < -0.4 is 0 Å². The van der Waals surface area contributed by atoms with Crippen LogP contribution in [0.5, 0.6) is 0 Å². The van der Waals surface area contributed by atoms with Crippen LogP contribution in [0.15, 0.2) is 47.3 Å². The first kappa shape index (κ1) is 20.1. The van der Waals surface area contributed by atoms with Crippen LogP contribution in [0, 0.1) is 17.8 Å². The predicted molar refractivity (Wildman–Crippen MR) is 116 cm³/mol. The zero-order chi connectivity index (χ0) is 19.6. The fourth-order valence-corrected chi connectivity index (χ4v) is 5.13. The second-order valence-corrected chi connectivity index (χ2v) is 9.20. The van der Waals surface area contributed by atoms with Crippen molar-refractivity contribution in [2.75, 3.05) is 5.75 Å². The first-order valence-electron chi connectivity index (χ1n) is 8.20. The summed E-state index contributed by atoms with van der Waals surface area (Å²) >= 11 is 14.1. The Kier molecular flexibility index (Phi) is 6.37. The molecule has 8 heteroatoms. The lowest BCUT2D eigenvalue weighted by atomic mass is 10.2. The van der Waals surface area contributed by atoms with Gasteiger partial charge in [-0.1, -0.05) is 40.8 Å². The average molecular weight is 436 g/mol. The molecule has 0 aliphatic heterocycles. The minimum atomic E-state index is 0.0857. The van der Waals surface area contributed by atoms with Crippen LogP contribution >= 0.6 is 46.9 Å². The number of hydrogen-bond acceptors (Lipinski definition) is 5. The number of halogens is 1. The van der Waals surface area contributed by atoms with Crippen LogP contribution in [0.1, 0.15) is 21.7 Å². The summed E-state index contributed by atoms with van der Waals surface area (Å²) in [5.41, 5.74) is 3.63. The molecule has 1 aromatic carbocycles. The van der Waals surface area contributed by atoms with Gasteiger partial charge in [-0.25, -0.2) is 4.68 Å². The minimum Gasteiger partial charge on any atom is -0.345 e. The van der Waals surface area contributed by atoms with Gasteiger partial charge in [-0.2, -0.15) is 0 Å². The highest BCUT2D eigenvalue weighted by Gasteiger charge is 2.16. The molecule has 0 amide bonds. The summed E-state index contributed by atoms with van der Waals surface area (Å²) < 4.78 is 5.18. The molecule has 140 valence electrons. The van der Waals surface area contributed by atoms with Gasteiger partial charge in [0.15, 0.2) is 14.1 Å². The maximum atomic E-state index is 12.7. The highest BCUT2D eigenvalue weighted by molar-refractivity contribution is 8.01. The van der Waals surface area contributed by atoms with Crippen LogP contribution in [0.4, 0.5) is 0 Å². The Hall–Kier alpha value is -1.67. The molecule has 0 radical (unpaired) electrons. The number of hydrogen-bond donors (Lipinski definition) is 0. The summed E-state index contributed by atoms with van der Waals surface area (Å²) in [6.45, 7) is 8.44. The third-order valence-corrected chi connectivity index (χ3v) is 6.73. The minimum absolute atomic E-state index is 0.0857. The molecule has 0 saturated carbocycles. The number of benzene rings is 1. The van der Waals surface area contributed by atoms with Crippen LogP contribution in [-0.4, -0.2) is 25.9 Å². The number of rotatable bonds is 7. The van der Waals surface area contributed by atoms with E-state index in [9.17, 15) is 4.79 Å². The predicted octanol–water partition coefficient (Wildman–Crippen LogP) is 5.90. The van der Waals surface area contributed by atoms with Gasteiger partial charge in [0.1, 0.15) is 0 Å². The van der Waals surface area contributed by atoms with Crippen molar-refractivity contribution < 1.29 is 4.79 Å². The van der Waals surface area contributed by atoms with E-state index in [1.165, 1.54) is 23.1 Å². The Labute approximate surface area is 176 Å². The summed E-state index contributed by atoms with van der Waals surface area (Å²) in [6.07, 6.45) is 1.83. The second-order valence-electron chi connectivity index (χ2n) is 5.92. The second kappa shape index (κ2) is 8.56. The largest absolute Gasteiger partial charge is 0.345 e. The Morgan fingerprint density at radius 2 is 2.07 bits per heavy atom. The fraction of sp³-hybridized carbons (Fsp3) is 0.211. The van der Waals surface area contributed by atoms with Gasteiger partial charge in [-0.3, -0.25) is 4.79 Å². The molecule has 3 rings (SSSR count). The van der Waals surface area contributed by atoms with Crippen LogP contribution in [0.3, 0.4) is 0 Å². The number of nitrogens with zero attached hydrogens (tertiary/aromatic N) is 3. The molecule has 0 saturated heterocycles. The standard InChI is InChI=1S/C19H18ClN3OS3/c1-4-9-22-12(2)10-16(13(22)3)17(24)11-26-18-21-23(19(25)27-18)15-7-5-14(20)6-8-15/h4-8,10H,1,9,11H2,2-3H3. The number of carbonyl (C=O) groups is 1. The number of ketones is 1. The molecule has 0 unspecified atom stereocenters. The van der Waals surface area contributed by atoms with E-state index >= 15 is 0 Å². The lowest BCUT2D eigenvalue weighted by Crippen LogP contribution is -2.06. The van der Waals surface area contributed by atoms with Gasteiger partial charge < -0.3 is 4.57 Å². The maximum absolute atomic E-state index is 12.7. The lowest BCUT2D eigenvalue weighted by Gasteiger charge is -2.06. The maximum Gasteiger partial charge on any atom is 0.184 e. The van der Waals surface area contributed by atoms with E-state index in [0.29, 0.717) is 21.3 Å². The van der Waals surface area contributed by atoms with Crippen molar-refractivity contribution in [1.82, 2.24) is 14.3 Å². The highest BCUT2D eigenvalue weighted by Crippen LogP contribution is 2.26. The molecule has 27 heavy (non-hydrogen) atoms. The monoisotopic (exact) mass is 435 g/mol. The van der Waals surface area contributed by atoms with Crippen molar-refractivity contribution in [3.8, 4) is 5.69 Å². The van der Waals surface area contributed by atoms with Gasteiger partial charge in [-0.05, 0) is 56.4 Å². The van der Waals surface area contributed by atoms with Crippen molar-refractivity contribution in [3.05, 3.63) is 68.9 Å². The zero-order valence-electron chi connectivity index (χ0n) is 14.9. The smallest absolute Gasteiger partial charge is 0.184 e. The van der Waals surface area contributed by atoms with Crippen LogP contribution in [-0.2, 0) is 6.54 Å². The Morgan fingerprint density at radius 3 is 2.74 bits per heavy atom. The lowest BCUT2D eigenvalue weighted by molar-refractivity contribution is 0.102. The van der Waals surface area contributed by atoms with Crippen molar-refractivity contribution >= 4 is 52.7 Å². The van der Waals surface area contributed by atoms with Crippen molar-refractivity contribution in [2.24, 2.45) is 0 Å². The summed E-state index contributed by atoms with van der Waals surface area (Å²) in [6, 6.07) is 9.27. The van der Waals surface area contributed by atoms with Gasteiger partial charge in [0.25, 0.3) is 0 Å². The molecule has 2 heterocycles. The topological polar surface area (TPSA) is 39.8 Å². The quantitative estimate of drug-likeness (QED) is 0.200. The molecule has 0 N–H and O–H groups in total. The molecular formula is C19H18ClN3OS3. The molecule has 2 aromatic heterocycles. The molecule has 0 spiro atoms. The average Bonchev–Trinajstić information content (AvgIpc) is 3.15. The van der Waals surface area contributed by atoms with Gasteiger partial charge in [0.05, 0.1) is 11.4 Å². The van der Waals surface area contributed by atoms with E-state index in [2.05, 4.69) is 16.2 Å². The van der Waals surface area contributed by atoms with Gasteiger partial charge in [-0.15, -0.1) is 11.7 Å². The van der Waals surface area contributed by atoms with E-state index in [0.717, 1.165) is 27.0 Å². The van der Waals surface area contributed by atoms with E-state index in [4.69, 9.17) is 23.8 Å². The Morgan fingerprint density at radius 1 is 1.37 bits per heavy atom. The molecule has 0 atom stereocenters. The summed E-state index contributed by atoms with van der Waals surface area (Å²) in [7, 11) is 0. The Balaban J connectivity index is 1.74. The number of aryl methyl sites for hydroxylation is 1. The van der Waals surface area contributed by atoms with Gasteiger partial charge in [0.2, 0.25) is 0 Å². The summed E-state index contributed by atoms with van der Waals surface area (Å²) in [4.78, 5) is 12.7. The van der Waals surface area contributed by atoms with Gasteiger partial charge in [0, 0.05) is 28.5 Å². The molecular weight excluding hydrogens is 418 g/mol. The summed E-state index contributed by atoms with van der Waals surface area (Å²) in [5, 5.41) is 5.19. The Bertz CT molecular complexity index is 1050. The fourth-order valence-electron chi connectivity index (χ4n) is 2.76. The van der Waals surface area contributed by atoms with Crippen molar-refractivity contribution in [3.63, 3.8) is 0 Å². The zero-order valence-corrected chi connectivity index (χ0v) is 18.1. The van der Waals surface area contributed by atoms with Crippen molar-refractivity contribution in [2.45, 2.75) is 24.7 Å². The molecule has 4 nitrogen and oxygen atoms in total. The summed E-state index contributed by atoms with van der Waals surface area (Å²) in [5.74, 6) is 0.406. The molecule has 0 fully saturated rings. The first-order valence-corrected chi connectivity index (χ1v) is 10.8. The normalized spacial score (nSPS) is 10.9. The molecule has 0 aliphatic carbocycles. The highest BCUT2D eigenvalue weighted by atomic mass is 35.5. The first-order chi connectivity index (χ1) is 12.9. The van der Waals surface area contributed by atoms with Crippen LogP contribution in [0.2, 0.25) is 5.02 Å². The van der Waals surface area contributed by atoms with Crippen LogP contribution in [0.25, 0.3) is 5.69 Å². The molecule has 3 aromatic rings. The SMILES string of the molecule is C=CCn1c(C)cc(C(=O)CSc2nn(-c3ccc(Cl)cc3)c(=S)s2)c1C. The molecule has 0 aliphatic rings. The molecule has 0 bridgehead atoms. The van der Waals surface area contributed by atoms with E-state index < -0.39 is 0 Å². The number of aromatic nitrogens is 3. The van der Waals surface area contributed by atoms with E-state index in [1.54, 1.807) is 16.8 Å². The third kappa shape index (κ3) is 4.43. The van der Waals surface area contributed by atoms with Crippen molar-refractivity contribution in [1.29, 1.82) is 0 Å². The number of Topliss-reactive ketones (excluding diaryl/α,β-unsaturated/α-hetero) is 1. The van der Waals surface area contributed by atoms with E-state index in [1.807, 2.05) is 38.1 Å². The number of thioether (sulfide) groups is 1.